The largest absolute Gasteiger partial charge is 0.504 e. The van der Waals surface area contributed by atoms with E-state index in [1.807, 2.05) is 6.92 Å². The zero-order valence-electron chi connectivity index (χ0n) is 12.3. The normalized spacial score (nSPS) is 10.9. The number of nitrogens with two attached hydrogens (primary N) is 3. The Balaban J connectivity index is 0.000000690. The molecule has 1 aromatic carbocycles. The van der Waals surface area contributed by atoms with Crippen LogP contribution in [0.15, 0.2) is 40.3 Å². The van der Waals surface area contributed by atoms with Crippen LogP contribution in [-0.2, 0) is 6.54 Å². The lowest BCUT2D eigenvalue weighted by atomic mass is 10.2. The van der Waals surface area contributed by atoms with Crippen LogP contribution in [0.5, 0.6) is 11.5 Å². The minimum absolute atomic E-state index is 0.0723. The summed E-state index contributed by atoms with van der Waals surface area (Å²) in [7, 11) is 0. The fourth-order valence-corrected chi connectivity index (χ4v) is 1.27. The lowest BCUT2D eigenvalue weighted by Gasteiger charge is -2.02. The van der Waals surface area contributed by atoms with E-state index in [9.17, 15) is 10.2 Å². The summed E-state index contributed by atoms with van der Waals surface area (Å²) in [6, 6.07) is 4.54. The molecule has 0 unspecified atom stereocenters. The Morgan fingerprint density at radius 2 is 1.90 bits per heavy atom. The molecule has 0 saturated heterocycles. The Morgan fingerprint density at radius 1 is 1.24 bits per heavy atom. The first-order valence-electron chi connectivity index (χ1n) is 6.42. The van der Waals surface area contributed by atoms with Crippen LogP contribution in [-0.4, -0.2) is 22.1 Å². The van der Waals surface area contributed by atoms with Crippen molar-refractivity contribution in [1.29, 1.82) is 0 Å². The maximum absolute atomic E-state index is 9.45. The highest BCUT2D eigenvalue weighted by Gasteiger charge is 2.04. The van der Waals surface area contributed by atoms with Crippen molar-refractivity contribution in [3.05, 3.63) is 35.9 Å². The van der Waals surface area contributed by atoms with E-state index in [1.54, 1.807) is 12.1 Å². The van der Waals surface area contributed by atoms with Gasteiger partial charge in [-0.3, -0.25) is 0 Å². The maximum atomic E-state index is 9.45. The number of rotatable bonds is 3. The van der Waals surface area contributed by atoms with E-state index in [4.69, 9.17) is 17.2 Å². The van der Waals surface area contributed by atoms with E-state index >= 15 is 0 Å². The third-order valence-corrected chi connectivity index (χ3v) is 2.22. The summed E-state index contributed by atoms with van der Waals surface area (Å²) in [4.78, 5) is 7.31. The van der Waals surface area contributed by atoms with E-state index in [-0.39, 0.29) is 30.0 Å². The third kappa shape index (κ3) is 8.14. The van der Waals surface area contributed by atoms with Gasteiger partial charge in [0.05, 0.1) is 6.54 Å². The van der Waals surface area contributed by atoms with Crippen molar-refractivity contribution >= 4 is 11.9 Å². The summed E-state index contributed by atoms with van der Waals surface area (Å²) in [5.41, 5.74) is 16.0. The molecule has 116 valence electrons. The molecule has 0 heterocycles. The molecule has 1 rings (SSSR count). The highest BCUT2D eigenvalue weighted by molar-refractivity contribution is 5.92. The number of phenolic OH excluding ortho intramolecular Hbond substituents is 2. The zero-order valence-corrected chi connectivity index (χ0v) is 12.3. The van der Waals surface area contributed by atoms with Gasteiger partial charge in [0.25, 0.3) is 0 Å². The van der Waals surface area contributed by atoms with Gasteiger partial charge < -0.3 is 27.4 Å². The summed E-state index contributed by atoms with van der Waals surface area (Å²) in [6.07, 6.45) is 5.34. The molecule has 0 spiro atoms. The van der Waals surface area contributed by atoms with Crippen LogP contribution < -0.4 is 17.2 Å². The van der Waals surface area contributed by atoms with Crippen molar-refractivity contribution in [3.8, 4) is 11.5 Å². The number of aromatic hydroxyl groups is 2. The summed E-state index contributed by atoms with van der Waals surface area (Å²) < 4.78 is 0. The summed E-state index contributed by atoms with van der Waals surface area (Å²) in [5, 5.41) is 18.7. The Labute approximate surface area is 124 Å². The fraction of sp³-hybridized carbons (Fsp3) is 0.286. The Bertz CT molecular complexity index is 520. The van der Waals surface area contributed by atoms with Crippen molar-refractivity contribution in [2.75, 3.05) is 0 Å². The van der Waals surface area contributed by atoms with Crippen molar-refractivity contribution < 1.29 is 10.2 Å². The maximum Gasteiger partial charge on any atom is 0.218 e. The number of hydrogen-bond acceptors (Lipinski definition) is 3. The van der Waals surface area contributed by atoms with Crippen LogP contribution in [0.1, 0.15) is 25.8 Å². The van der Waals surface area contributed by atoms with Crippen molar-refractivity contribution in [2.45, 2.75) is 26.8 Å². The van der Waals surface area contributed by atoms with Crippen LogP contribution in [0.4, 0.5) is 0 Å². The van der Waals surface area contributed by atoms with Crippen LogP contribution in [0.3, 0.4) is 0 Å². The number of hydrogen-bond donors (Lipinski definition) is 5. The molecule has 0 saturated carbocycles. The predicted molar refractivity (Wildman–Crippen MR) is 86.0 cm³/mol. The van der Waals surface area contributed by atoms with E-state index in [2.05, 4.69) is 29.1 Å². The highest BCUT2D eigenvalue weighted by Crippen LogP contribution is 2.28. The molecule has 21 heavy (non-hydrogen) atoms. The molecule has 0 fully saturated rings. The highest BCUT2D eigenvalue weighted by atomic mass is 16.3. The first-order valence-corrected chi connectivity index (χ1v) is 6.42. The minimum Gasteiger partial charge on any atom is -0.504 e. The number of benzene rings is 1. The second-order valence-corrected chi connectivity index (χ2v) is 3.97. The molecule has 0 aliphatic heterocycles. The van der Waals surface area contributed by atoms with Gasteiger partial charge in [-0.05, 0) is 19.4 Å². The van der Waals surface area contributed by atoms with Gasteiger partial charge in [0.1, 0.15) is 0 Å². The SMILES string of the molecule is C/C=C\CC.NC(N)=NC(N)=NCc1cccc(O)c1O. The van der Waals surface area contributed by atoms with Gasteiger partial charge >= 0.3 is 0 Å². The van der Waals surface area contributed by atoms with Gasteiger partial charge in [-0.2, -0.15) is 4.99 Å². The fourth-order valence-electron chi connectivity index (χ4n) is 1.27. The topological polar surface area (TPSA) is 143 Å². The third-order valence-electron chi connectivity index (χ3n) is 2.22. The number of nitrogens with zero attached hydrogens (tertiary/aromatic N) is 2. The van der Waals surface area contributed by atoms with Gasteiger partial charge in [-0.25, -0.2) is 4.99 Å². The molecule has 0 aromatic heterocycles. The molecular formula is C14H23N5O2. The van der Waals surface area contributed by atoms with Crippen LogP contribution in [0.2, 0.25) is 0 Å². The molecule has 7 nitrogen and oxygen atoms in total. The van der Waals surface area contributed by atoms with Crippen LogP contribution >= 0.6 is 0 Å². The number of para-hydroxylation sites is 1. The van der Waals surface area contributed by atoms with Gasteiger partial charge in [-0.15, -0.1) is 0 Å². The van der Waals surface area contributed by atoms with Crippen molar-refractivity contribution in [2.24, 2.45) is 27.2 Å². The molecule has 1 aromatic rings. The molecule has 0 aliphatic rings. The van der Waals surface area contributed by atoms with Crippen LogP contribution in [0.25, 0.3) is 0 Å². The lowest BCUT2D eigenvalue weighted by molar-refractivity contribution is 0.399. The van der Waals surface area contributed by atoms with Crippen molar-refractivity contribution in [1.82, 2.24) is 0 Å². The van der Waals surface area contributed by atoms with Crippen molar-refractivity contribution in [3.63, 3.8) is 0 Å². The minimum atomic E-state index is -0.233. The average molecular weight is 293 g/mol. The molecule has 0 radical (unpaired) electrons. The quantitative estimate of drug-likeness (QED) is 0.246. The van der Waals surface area contributed by atoms with Gasteiger partial charge in [0.2, 0.25) is 5.96 Å². The Hall–Kier alpha value is -2.70. The summed E-state index contributed by atoms with van der Waals surface area (Å²) in [5.74, 6) is -0.735. The van der Waals surface area contributed by atoms with E-state index in [0.717, 1.165) is 6.42 Å². The first kappa shape index (κ1) is 18.3. The standard InChI is InChI=1S/C9H13N5O2.C5H10/c10-8(11)14-9(12)13-4-5-2-1-3-6(15)7(5)16;1-3-5-4-2/h1-3,15-16H,4H2,(H6,10,11,12,13,14);3,5H,4H2,1-2H3/b;5-3-. The summed E-state index contributed by atoms with van der Waals surface area (Å²) in [6.45, 7) is 4.23. The molecule has 0 atom stereocenters. The predicted octanol–water partition coefficient (Wildman–Crippen LogP) is 1.16. The van der Waals surface area contributed by atoms with E-state index in [1.165, 1.54) is 6.07 Å². The van der Waals surface area contributed by atoms with Gasteiger partial charge in [0.15, 0.2) is 17.5 Å². The van der Waals surface area contributed by atoms with Gasteiger partial charge in [0, 0.05) is 5.56 Å². The number of guanidine groups is 2. The second-order valence-electron chi connectivity index (χ2n) is 3.97. The lowest BCUT2D eigenvalue weighted by Crippen LogP contribution is -2.26. The molecule has 0 bridgehead atoms. The average Bonchev–Trinajstić information content (AvgIpc) is 2.41. The molecule has 0 aliphatic carbocycles. The molecular weight excluding hydrogens is 270 g/mol. The molecule has 8 N–H and O–H groups in total. The molecule has 7 heteroatoms. The number of phenols is 2. The zero-order chi connectivity index (χ0) is 16.3. The summed E-state index contributed by atoms with van der Waals surface area (Å²) >= 11 is 0. The van der Waals surface area contributed by atoms with E-state index in [0.29, 0.717) is 5.56 Å². The van der Waals surface area contributed by atoms with Crippen LogP contribution in [0, 0.1) is 0 Å². The first-order chi connectivity index (χ1) is 9.92. The number of aliphatic imine (C=N–C) groups is 2. The second kappa shape index (κ2) is 10.1. The van der Waals surface area contributed by atoms with E-state index < -0.39 is 0 Å². The monoisotopic (exact) mass is 293 g/mol. The number of allylic oxidation sites excluding steroid dienone is 2. The molecule has 0 amide bonds. The smallest absolute Gasteiger partial charge is 0.218 e. The Kier molecular flexibility index (Phi) is 8.83. The van der Waals surface area contributed by atoms with Gasteiger partial charge in [-0.1, -0.05) is 31.2 Å². The Morgan fingerprint density at radius 3 is 2.38 bits per heavy atom.